The van der Waals surface area contributed by atoms with Gasteiger partial charge in [0.05, 0.1) is 0 Å². The van der Waals surface area contributed by atoms with Crippen LogP contribution in [0.3, 0.4) is 0 Å². The van der Waals surface area contributed by atoms with E-state index in [1.807, 2.05) is 32.1 Å². The molecule has 0 saturated carbocycles. The number of allylic oxidation sites excluding steroid dienone is 7. The minimum absolute atomic E-state index is 1.17. The Labute approximate surface area is 69.6 Å². The monoisotopic (exact) mass is 148 g/mol. The van der Waals surface area contributed by atoms with E-state index in [9.17, 15) is 0 Å². The SMILES string of the molecule is C=CC(/C=C(C)/C=C/C)=C\C. The average molecular weight is 148 g/mol. The maximum atomic E-state index is 3.71. The molecule has 0 amide bonds. The fourth-order valence-electron chi connectivity index (χ4n) is 0.834. The first kappa shape index (κ1) is 9.96. The Bertz CT molecular complexity index is 202. The summed E-state index contributed by atoms with van der Waals surface area (Å²) in [6, 6.07) is 0. The number of rotatable bonds is 3. The summed E-state index contributed by atoms with van der Waals surface area (Å²) in [5.41, 5.74) is 2.42. The van der Waals surface area contributed by atoms with Gasteiger partial charge in [-0.3, -0.25) is 0 Å². The summed E-state index contributed by atoms with van der Waals surface area (Å²) in [7, 11) is 0. The second kappa shape index (κ2) is 5.72. The van der Waals surface area contributed by atoms with Gasteiger partial charge in [0.15, 0.2) is 0 Å². The van der Waals surface area contributed by atoms with Gasteiger partial charge in [0.25, 0.3) is 0 Å². The Hall–Kier alpha value is -1.04. The molecule has 0 aliphatic rings. The van der Waals surface area contributed by atoms with Crippen LogP contribution in [0.25, 0.3) is 0 Å². The fourth-order valence-corrected chi connectivity index (χ4v) is 0.834. The summed E-state index contributed by atoms with van der Waals surface area (Å²) in [6.45, 7) is 9.81. The molecule has 0 saturated heterocycles. The van der Waals surface area contributed by atoms with Crippen molar-refractivity contribution in [2.24, 2.45) is 0 Å². The zero-order valence-corrected chi connectivity index (χ0v) is 7.59. The van der Waals surface area contributed by atoms with Crippen LogP contribution in [-0.2, 0) is 0 Å². The van der Waals surface area contributed by atoms with E-state index >= 15 is 0 Å². The maximum Gasteiger partial charge on any atom is -0.0303 e. The molecule has 0 aromatic rings. The largest absolute Gasteiger partial charge is 0.0985 e. The minimum Gasteiger partial charge on any atom is -0.0985 e. The van der Waals surface area contributed by atoms with Crippen LogP contribution in [0, 0.1) is 0 Å². The third kappa shape index (κ3) is 4.38. The van der Waals surface area contributed by atoms with Gasteiger partial charge in [-0.25, -0.2) is 0 Å². The highest BCUT2D eigenvalue weighted by Crippen LogP contribution is 2.03. The zero-order valence-electron chi connectivity index (χ0n) is 7.59. The molecule has 0 aliphatic carbocycles. The smallest absolute Gasteiger partial charge is 0.0303 e. The molecule has 0 N–H and O–H groups in total. The molecule has 0 atom stereocenters. The van der Waals surface area contributed by atoms with E-state index in [2.05, 4.69) is 25.7 Å². The van der Waals surface area contributed by atoms with E-state index in [0.717, 1.165) is 0 Å². The first-order chi connectivity index (χ1) is 5.24. The Morgan fingerprint density at radius 1 is 1.27 bits per heavy atom. The molecule has 0 aromatic heterocycles. The molecule has 0 aromatic carbocycles. The third-order valence-corrected chi connectivity index (χ3v) is 1.39. The first-order valence-corrected chi connectivity index (χ1v) is 3.84. The molecule has 0 rings (SSSR count). The van der Waals surface area contributed by atoms with Crippen LogP contribution in [0.15, 0.2) is 48.1 Å². The van der Waals surface area contributed by atoms with Gasteiger partial charge < -0.3 is 0 Å². The quantitative estimate of drug-likeness (QED) is 0.536. The summed E-state index contributed by atoms with van der Waals surface area (Å²) >= 11 is 0. The van der Waals surface area contributed by atoms with Gasteiger partial charge in [0.2, 0.25) is 0 Å². The van der Waals surface area contributed by atoms with Gasteiger partial charge in [-0.05, 0) is 26.3 Å². The Kier molecular flexibility index (Phi) is 5.18. The standard InChI is InChI=1S/C11H16/c1-5-8-10(4)9-11(6-2)7-3/h5-9H,2H2,1,3-4H3/b8-5+,10-9+,11-7+. The maximum absolute atomic E-state index is 3.71. The lowest BCUT2D eigenvalue weighted by molar-refractivity contribution is 1.46. The molecule has 0 aliphatic heterocycles. The molecule has 0 fully saturated rings. The van der Waals surface area contributed by atoms with E-state index in [0.29, 0.717) is 0 Å². The Morgan fingerprint density at radius 2 is 1.91 bits per heavy atom. The van der Waals surface area contributed by atoms with Gasteiger partial charge in [-0.15, -0.1) is 0 Å². The van der Waals surface area contributed by atoms with Gasteiger partial charge in [0, 0.05) is 0 Å². The summed E-state index contributed by atoms with van der Waals surface area (Å²) in [5, 5.41) is 0. The molecule has 0 heteroatoms. The highest BCUT2D eigenvalue weighted by Gasteiger charge is 1.83. The van der Waals surface area contributed by atoms with Crippen LogP contribution in [-0.4, -0.2) is 0 Å². The van der Waals surface area contributed by atoms with Crippen molar-refractivity contribution in [3.8, 4) is 0 Å². The second-order valence-electron chi connectivity index (χ2n) is 2.38. The molecular formula is C11H16. The molecule has 0 radical (unpaired) electrons. The molecule has 60 valence electrons. The molecule has 0 unspecified atom stereocenters. The van der Waals surface area contributed by atoms with Crippen molar-refractivity contribution < 1.29 is 0 Å². The van der Waals surface area contributed by atoms with E-state index in [-0.39, 0.29) is 0 Å². The van der Waals surface area contributed by atoms with Crippen molar-refractivity contribution >= 4 is 0 Å². The van der Waals surface area contributed by atoms with Crippen molar-refractivity contribution in [1.29, 1.82) is 0 Å². The van der Waals surface area contributed by atoms with E-state index in [4.69, 9.17) is 0 Å². The summed E-state index contributed by atoms with van der Waals surface area (Å²) in [4.78, 5) is 0. The molecule has 0 bridgehead atoms. The van der Waals surface area contributed by atoms with E-state index in [1.54, 1.807) is 0 Å². The molecule has 0 nitrogen and oxygen atoms in total. The Balaban J connectivity index is 4.39. The third-order valence-electron chi connectivity index (χ3n) is 1.39. The molecule has 0 heterocycles. The van der Waals surface area contributed by atoms with E-state index < -0.39 is 0 Å². The lowest BCUT2D eigenvalue weighted by Crippen LogP contribution is -1.72. The summed E-state index contributed by atoms with van der Waals surface area (Å²) in [6.07, 6.45) is 10.1. The summed E-state index contributed by atoms with van der Waals surface area (Å²) in [5.74, 6) is 0. The zero-order chi connectivity index (χ0) is 8.69. The average Bonchev–Trinajstić information content (AvgIpc) is 2.01. The lowest BCUT2D eigenvalue weighted by atomic mass is 10.1. The molecule has 11 heavy (non-hydrogen) atoms. The van der Waals surface area contributed by atoms with Gasteiger partial charge in [-0.1, -0.05) is 42.5 Å². The van der Waals surface area contributed by atoms with Crippen molar-refractivity contribution in [2.75, 3.05) is 0 Å². The van der Waals surface area contributed by atoms with E-state index in [1.165, 1.54) is 11.1 Å². The number of hydrogen-bond acceptors (Lipinski definition) is 0. The van der Waals surface area contributed by atoms with Crippen LogP contribution in [0.4, 0.5) is 0 Å². The van der Waals surface area contributed by atoms with Crippen LogP contribution in [0.5, 0.6) is 0 Å². The summed E-state index contributed by atoms with van der Waals surface area (Å²) < 4.78 is 0. The molecular weight excluding hydrogens is 132 g/mol. The van der Waals surface area contributed by atoms with Gasteiger partial charge >= 0.3 is 0 Å². The lowest BCUT2D eigenvalue weighted by Gasteiger charge is -1.93. The molecule has 0 spiro atoms. The predicted molar refractivity (Wildman–Crippen MR) is 52.5 cm³/mol. The predicted octanol–water partition coefficient (Wildman–Crippen LogP) is 3.64. The highest BCUT2D eigenvalue weighted by molar-refractivity contribution is 5.34. The highest BCUT2D eigenvalue weighted by atomic mass is 13.9. The minimum atomic E-state index is 1.17. The Morgan fingerprint density at radius 3 is 2.27 bits per heavy atom. The van der Waals surface area contributed by atoms with Crippen molar-refractivity contribution in [3.63, 3.8) is 0 Å². The van der Waals surface area contributed by atoms with Crippen LogP contribution >= 0.6 is 0 Å². The fraction of sp³-hybridized carbons (Fsp3) is 0.273. The topological polar surface area (TPSA) is 0 Å². The van der Waals surface area contributed by atoms with Crippen molar-refractivity contribution in [1.82, 2.24) is 0 Å². The van der Waals surface area contributed by atoms with Crippen LogP contribution in [0.2, 0.25) is 0 Å². The second-order valence-corrected chi connectivity index (χ2v) is 2.38. The van der Waals surface area contributed by atoms with Gasteiger partial charge in [0.1, 0.15) is 0 Å². The number of hydrogen-bond donors (Lipinski definition) is 0. The first-order valence-electron chi connectivity index (χ1n) is 3.84. The van der Waals surface area contributed by atoms with Crippen LogP contribution < -0.4 is 0 Å². The van der Waals surface area contributed by atoms with Crippen molar-refractivity contribution in [3.05, 3.63) is 48.1 Å². The van der Waals surface area contributed by atoms with Gasteiger partial charge in [-0.2, -0.15) is 0 Å². The normalized spacial score (nSPS) is 14.1. The van der Waals surface area contributed by atoms with Crippen molar-refractivity contribution in [2.45, 2.75) is 20.8 Å². The van der Waals surface area contributed by atoms with Crippen LogP contribution in [0.1, 0.15) is 20.8 Å².